The van der Waals surface area contributed by atoms with E-state index in [4.69, 9.17) is 4.74 Å². The van der Waals surface area contributed by atoms with E-state index in [1.165, 1.54) is 0 Å². The average Bonchev–Trinajstić information content (AvgIpc) is 3.06. The fourth-order valence-corrected chi connectivity index (χ4v) is 4.70. The van der Waals surface area contributed by atoms with Crippen LogP contribution in [0.4, 0.5) is 0 Å². The first-order valence-corrected chi connectivity index (χ1v) is 10.00. The van der Waals surface area contributed by atoms with Crippen LogP contribution in [-0.4, -0.2) is 72.4 Å². The van der Waals surface area contributed by atoms with E-state index in [0.717, 1.165) is 77.0 Å². The van der Waals surface area contributed by atoms with Crippen molar-refractivity contribution in [3.63, 3.8) is 0 Å². The third kappa shape index (κ3) is 3.95. The molecule has 3 aliphatic heterocycles. The van der Waals surface area contributed by atoms with Gasteiger partial charge in [-0.1, -0.05) is 18.2 Å². The molecule has 1 spiro atoms. The third-order valence-corrected chi connectivity index (χ3v) is 6.44. The highest BCUT2D eigenvalue weighted by molar-refractivity contribution is 5.94. The number of aliphatic hydroxyl groups excluding tert-OH is 1. The first-order valence-electron chi connectivity index (χ1n) is 10.00. The topological polar surface area (TPSA) is 53.0 Å². The molecular weight excluding hydrogens is 328 g/mol. The molecule has 0 bridgehead atoms. The fraction of sp³-hybridized carbons (Fsp3) is 0.667. The van der Waals surface area contributed by atoms with E-state index in [0.29, 0.717) is 6.10 Å². The highest BCUT2D eigenvalue weighted by atomic mass is 16.5. The first kappa shape index (κ1) is 18.0. The standard InChI is InChI=1S/C21H30N2O3/c24-18-6-10-22(11-7-18)15-19-14-21(16-26-19)8-12-23(13-9-21)20(25)17-4-2-1-3-5-17/h1-5,18-19,24H,6-16H2. The maximum absolute atomic E-state index is 12.6. The fourth-order valence-electron chi connectivity index (χ4n) is 4.70. The molecule has 3 heterocycles. The maximum atomic E-state index is 12.6. The van der Waals surface area contributed by atoms with Gasteiger partial charge in [0, 0.05) is 38.3 Å². The Labute approximate surface area is 155 Å². The predicted molar refractivity (Wildman–Crippen MR) is 100 cm³/mol. The normalized spacial score (nSPS) is 27.1. The minimum Gasteiger partial charge on any atom is -0.393 e. The van der Waals surface area contributed by atoms with Gasteiger partial charge in [0.15, 0.2) is 0 Å². The number of rotatable bonds is 3. The van der Waals surface area contributed by atoms with Crippen LogP contribution in [0.25, 0.3) is 0 Å². The number of hydrogen-bond donors (Lipinski definition) is 1. The number of hydrogen-bond acceptors (Lipinski definition) is 4. The van der Waals surface area contributed by atoms with Crippen molar-refractivity contribution in [3.05, 3.63) is 35.9 Å². The molecule has 0 aliphatic carbocycles. The van der Waals surface area contributed by atoms with Crippen LogP contribution in [0.3, 0.4) is 0 Å². The van der Waals surface area contributed by atoms with Gasteiger partial charge in [-0.15, -0.1) is 0 Å². The van der Waals surface area contributed by atoms with Gasteiger partial charge in [-0.25, -0.2) is 0 Å². The Morgan fingerprint density at radius 3 is 2.50 bits per heavy atom. The molecule has 142 valence electrons. The van der Waals surface area contributed by atoms with Crippen molar-refractivity contribution in [2.45, 2.75) is 44.3 Å². The number of likely N-dealkylation sites (tertiary alicyclic amines) is 2. The molecule has 3 fully saturated rings. The molecule has 0 saturated carbocycles. The van der Waals surface area contributed by atoms with Crippen LogP contribution in [0.15, 0.2) is 30.3 Å². The second kappa shape index (κ2) is 7.67. The molecule has 26 heavy (non-hydrogen) atoms. The van der Waals surface area contributed by atoms with Crippen molar-refractivity contribution in [1.29, 1.82) is 0 Å². The Bertz CT molecular complexity index is 605. The van der Waals surface area contributed by atoms with Crippen LogP contribution < -0.4 is 0 Å². The molecule has 0 aromatic heterocycles. The zero-order valence-corrected chi connectivity index (χ0v) is 15.5. The van der Waals surface area contributed by atoms with Gasteiger partial charge in [-0.3, -0.25) is 4.79 Å². The lowest BCUT2D eigenvalue weighted by atomic mass is 9.76. The highest BCUT2D eigenvalue weighted by Gasteiger charge is 2.43. The van der Waals surface area contributed by atoms with Gasteiger partial charge >= 0.3 is 0 Å². The van der Waals surface area contributed by atoms with Gasteiger partial charge in [-0.2, -0.15) is 0 Å². The number of aliphatic hydroxyl groups is 1. The largest absolute Gasteiger partial charge is 0.393 e. The third-order valence-electron chi connectivity index (χ3n) is 6.44. The van der Waals surface area contributed by atoms with Crippen molar-refractivity contribution >= 4 is 5.91 Å². The van der Waals surface area contributed by atoms with E-state index in [1.807, 2.05) is 35.2 Å². The quantitative estimate of drug-likeness (QED) is 0.900. The number of piperidine rings is 2. The lowest BCUT2D eigenvalue weighted by molar-refractivity contribution is 0.0302. The van der Waals surface area contributed by atoms with Crippen molar-refractivity contribution in [1.82, 2.24) is 9.80 Å². The molecule has 1 aromatic rings. The highest BCUT2D eigenvalue weighted by Crippen LogP contribution is 2.42. The van der Waals surface area contributed by atoms with Crippen LogP contribution in [0.5, 0.6) is 0 Å². The van der Waals surface area contributed by atoms with E-state index in [2.05, 4.69) is 4.90 Å². The summed E-state index contributed by atoms with van der Waals surface area (Å²) in [6.45, 7) is 5.45. The summed E-state index contributed by atoms with van der Waals surface area (Å²) in [4.78, 5) is 17.1. The Hall–Kier alpha value is -1.43. The van der Waals surface area contributed by atoms with Gasteiger partial charge < -0.3 is 19.6 Å². The molecule has 4 rings (SSSR count). The van der Waals surface area contributed by atoms with Crippen LogP contribution in [0, 0.1) is 5.41 Å². The Kier molecular flexibility index (Phi) is 5.30. The number of amides is 1. The molecule has 1 atom stereocenters. The Balaban J connectivity index is 1.27. The van der Waals surface area contributed by atoms with E-state index in [-0.39, 0.29) is 17.4 Å². The molecule has 3 saturated heterocycles. The minimum absolute atomic E-state index is 0.117. The van der Waals surface area contributed by atoms with E-state index in [9.17, 15) is 9.90 Å². The summed E-state index contributed by atoms with van der Waals surface area (Å²) in [5, 5.41) is 9.65. The van der Waals surface area contributed by atoms with Crippen LogP contribution >= 0.6 is 0 Å². The molecular formula is C21H30N2O3. The number of nitrogens with zero attached hydrogens (tertiary/aromatic N) is 2. The SMILES string of the molecule is O=C(c1ccccc1)N1CCC2(CC1)COC(CN1CCC(O)CC1)C2. The molecule has 3 aliphatic rings. The molecule has 1 amide bonds. The van der Waals surface area contributed by atoms with Gasteiger partial charge in [0.05, 0.1) is 18.8 Å². The Morgan fingerprint density at radius 2 is 1.81 bits per heavy atom. The van der Waals surface area contributed by atoms with E-state index < -0.39 is 0 Å². The molecule has 0 radical (unpaired) electrons. The molecule has 1 aromatic carbocycles. The van der Waals surface area contributed by atoms with Crippen molar-refractivity contribution in [3.8, 4) is 0 Å². The summed E-state index contributed by atoms with van der Waals surface area (Å²) in [6, 6.07) is 9.59. The number of carbonyl (C=O) groups excluding carboxylic acids is 1. The molecule has 5 heteroatoms. The van der Waals surface area contributed by atoms with Gasteiger partial charge in [0.1, 0.15) is 0 Å². The minimum atomic E-state index is -0.117. The summed E-state index contributed by atoms with van der Waals surface area (Å²) in [6.07, 6.45) is 5.15. The van der Waals surface area contributed by atoms with E-state index in [1.54, 1.807) is 0 Å². The summed E-state index contributed by atoms with van der Waals surface area (Å²) >= 11 is 0. The van der Waals surface area contributed by atoms with Crippen LogP contribution in [-0.2, 0) is 4.74 Å². The lowest BCUT2D eigenvalue weighted by Crippen LogP contribution is -2.44. The number of carbonyl (C=O) groups is 1. The number of ether oxygens (including phenoxy) is 1. The molecule has 1 unspecified atom stereocenters. The second-order valence-electron chi connectivity index (χ2n) is 8.33. The smallest absolute Gasteiger partial charge is 0.253 e. The van der Waals surface area contributed by atoms with Crippen molar-refractivity contribution < 1.29 is 14.6 Å². The molecule has 1 N–H and O–H groups in total. The second-order valence-corrected chi connectivity index (χ2v) is 8.33. The monoisotopic (exact) mass is 358 g/mol. The van der Waals surface area contributed by atoms with Crippen LogP contribution in [0.2, 0.25) is 0 Å². The van der Waals surface area contributed by atoms with Crippen molar-refractivity contribution in [2.24, 2.45) is 5.41 Å². The summed E-state index contributed by atoms with van der Waals surface area (Å²) < 4.78 is 6.15. The van der Waals surface area contributed by atoms with Crippen LogP contribution in [0.1, 0.15) is 42.5 Å². The zero-order valence-electron chi connectivity index (χ0n) is 15.5. The number of benzene rings is 1. The average molecular weight is 358 g/mol. The van der Waals surface area contributed by atoms with Gasteiger partial charge in [0.25, 0.3) is 5.91 Å². The van der Waals surface area contributed by atoms with Crippen molar-refractivity contribution in [2.75, 3.05) is 39.3 Å². The van der Waals surface area contributed by atoms with Gasteiger partial charge in [-0.05, 0) is 49.7 Å². The van der Waals surface area contributed by atoms with E-state index >= 15 is 0 Å². The summed E-state index contributed by atoms with van der Waals surface area (Å²) in [5.74, 6) is 0.155. The zero-order chi connectivity index (χ0) is 18.0. The lowest BCUT2D eigenvalue weighted by Gasteiger charge is -2.38. The summed E-state index contributed by atoms with van der Waals surface area (Å²) in [7, 11) is 0. The summed E-state index contributed by atoms with van der Waals surface area (Å²) in [5.41, 5.74) is 1.05. The maximum Gasteiger partial charge on any atom is 0.253 e. The predicted octanol–water partition coefficient (Wildman–Crippen LogP) is 2.15. The molecule has 5 nitrogen and oxygen atoms in total. The first-order chi connectivity index (χ1) is 12.6. The van der Waals surface area contributed by atoms with Gasteiger partial charge in [0.2, 0.25) is 0 Å². The Morgan fingerprint density at radius 1 is 1.12 bits per heavy atom.